The largest absolute Gasteiger partial charge is 0.481 e. The van der Waals surface area contributed by atoms with Gasteiger partial charge in [-0.3, -0.25) is 9.29 Å². The van der Waals surface area contributed by atoms with E-state index in [9.17, 15) is 26.0 Å². The molecule has 0 radical (unpaired) electrons. The molecule has 40 heavy (non-hydrogen) atoms. The molecule has 0 bridgehead atoms. The third-order valence-corrected chi connectivity index (χ3v) is 7.49. The Balaban J connectivity index is 1.83. The van der Waals surface area contributed by atoms with Gasteiger partial charge in [-0.25, -0.2) is 27.8 Å². The molecule has 0 fully saturated rings. The molecule has 3 heterocycles. The lowest BCUT2D eigenvalue weighted by Crippen LogP contribution is -2.33. The summed E-state index contributed by atoms with van der Waals surface area (Å²) in [5.41, 5.74) is -1.02. The highest BCUT2D eigenvalue weighted by atomic mass is 32.2. The Bertz CT molecular complexity index is 1610. The van der Waals surface area contributed by atoms with Crippen LogP contribution < -0.4 is 9.46 Å². The highest BCUT2D eigenvalue weighted by molar-refractivity contribution is 7.93. The van der Waals surface area contributed by atoms with Gasteiger partial charge in [0.05, 0.1) is 18.4 Å². The van der Waals surface area contributed by atoms with Crippen molar-refractivity contribution in [3.63, 3.8) is 0 Å². The third-order valence-electron chi connectivity index (χ3n) is 5.80. The predicted molar refractivity (Wildman–Crippen MR) is 135 cm³/mol. The van der Waals surface area contributed by atoms with Crippen LogP contribution in [-0.2, 0) is 20.9 Å². The maximum atomic E-state index is 14.1. The minimum absolute atomic E-state index is 0.0889. The van der Waals surface area contributed by atoms with Crippen LogP contribution in [0.15, 0.2) is 48.8 Å². The number of halogens is 4. The van der Waals surface area contributed by atoms with Crippen molar-refractivity contribution in [2.75, 3.05) is 18.9 Å². The second kappa shape index (κ2) is 11.1. The van der Waals surface area contributed by atoms with Gasteiger partial charge in [0.15, 0.2) is 11.6 Å². The number of methoxy groups -OCH3 is 2. The van der Waals surface area contributed by atoms with Crippen LogP contribution in [-0.4, -0.2) is 57.6 Å². The lowest BCUT2D eigenvalue weighted by Gasteiger charge is -2.22. The van der Waals surface area contributed by atoms with E-state index in [1.165, 1.54) is 45.7 Å². The fraction of sp³-hybridized carbons (Fsp3) is 0.292. The first-order valence-corrected chi connectivity index (χ1v) is 13.1. The monoisotopic (exact) mass is 581 g/mol. The molecule has 16 heteroatoms. The summed E-state index contributed by atoms with van der Waals surface area (Å²) in [6.07, 6.45) is -3.15. The van der Waals surface area contributed by atoms with Crippen LogP contribution in [0.1, 0.15) is 30.0 Å². The first-order chi connectivity index (χ1) is 18.9. The van der Waals surface area contributed by atoms with Gasteiger partial charge in [0, 0.05) is 25.6 Å². The van der Waals surface area contributed by atoms with Gasteiger partial charge in [0.25, 0.3) is 0 Å². The average Bonchev–Trinajstić information content (AvgIpc) is 3.32. The number of benzene rings is 1. The number of hydrogen-bond acceptors (Lipinski definition) is 9. The Kier molecular flexibility index (Phi) is 8.02. The first kappa shape index (κ1) is 28.8. The number of aromatic nitrogens is 6. The maximum absolute atomic E-state index is 14.1. The zero-order valence-electron chi connectivity index (χ0n) is 21.5. The van der Waals surface area contributed by atoms with Crippen LogP contribution in [0.5, 0.6) is 5.88 Å². The van der Waals surface area contributed by atoms with Crippen molar-refractivity contribution >= 4 is 16.0 Å². The highest BCUT2D eigenvalue weighted by Gasteiger charge is 2.36. The van der Waals surface area contributed by atoms with Crippen molar-refractivity contribution in [1.29, 1.82) is 0 Å². The molecule has 1 N–H and O–H groups in total. The Labute approximate surface area is 226 Å². The molecule has 0 saturated heterocycles. The van der Waals surface area contributed by atoms with E-state index in [-0.39, 0.29) is 28.9 Å². The Morgan fingerprint density at radius 1 is 1.05 bits per heavy atom. The van der Waals surface area contributed by atoms with Gasteiger partial charge >= 0.3 is 6.18 Å². The number of nitrogens with zero attached hydrogens (tertiary/aromatic N) is 6. The number of hydrogen-bond donors (Lipinski definition) is 1. The molecule has 0 saturated carbocycles. The van der Waals surface area contributed by atoms with Crippen LogP contribution in [0.3, 0.4) is 0 Å². The molecule has 0 aliphatic carbocycles. The maximum Gasteiger partial charge on any atom is 0.419 e. The minimum atomic E-state index is -5.03. The lowest BCUT2D eigenvalue weighted by atomic mass is 10.1. The third kappa shape index (κ3) is 5.86. The summed E-state index contributed by atoms with van der Waals surface area (Å²) in [5, 5.41) is 6.53. The molecule has 1 aromatic carbocycles. The topological polar surface area (TPSA) is 134 Å². The molecule has 212 valence electrons. The van der Waals surface area contributed by atoms with E-state index in [0.29, 0.717) is 12.1 Å². The first-order valence-electron chi connectivity index (χ1n) is 11.5. The van der Waals surface area contributed by atoms with E-state index in [1.54, 1.807) is 13.0 Å². The molecular weight excluding hydrogens is 558 g/mol. The Morgan fingerprint density at radius 3 is 2.38 bits per heavy atom. The molecule has 0 unspecified atom stereocenters. The molecule has 0 aliphatic heterocycles. The number of aryl methyl sites for hydroxylation is 1. The number of anilines is 1. The van der Waals surface area contributed by atoms with Crippen molar-refractivity contribution < 1.29 is 35.5 Å². The van der Waals surface area contributed by atoms with Crippen LogP contribution in [0.4, 0.5) is 23.5 Å². The smallest absolute Gasteiger partial charge is 0.419 e. The molecule has 0 amide bonds. The number of ether oxygens (including phenoxy) is 2. The highest BCUT2D eigenvalue weighted by Crippen LogP contribution is 2.35. The zero-order chi connectivity index (χ0) is 29.2. The van der Waals surface area contributed by atoms with Gasteiger partial charge in [0.2, 0.25) is 21.9 Å². The summed E-state index contributed by atoms with van der Waals surface area (Å²) < 4.78 is 95.3. The van der Waals surface area contributed by atoms with Crippen molar-refractivity contribution in [1.82, 2.24) is 29.7 Å². The normalized spacial score (nSPS) is 13.6. The molecule has 11 nitrogen and oxygen atoms in total. The zero-order valence-corrected chi connectivity index (χ0v) is 22.3. The van der Waals surface area contributed by atoms with E-state index >= 15 is 0 Å². The molecule has 3 aromatic heterocycles. The second-order valence-corrected chi connectivity index (χ2v) is 10.6. The van der Waals surface area contributed by atoms with E-state index in [1.807, 2.05) is 0 Å². The lowest BCUT2D eigenvalue weighted by molar-refractivity contribution is -0.140. The van der Waals surface area contributed by atoms with Gasteiger partial charge in [-0.1, -0.05) is 6.07 Å². The Hall–Kier alpha value is -4.18. The van der Waals surface area contributed by atoms with Crippen LogP contribution in [0, 0.1) is 12.7 Å². The second-order valence-electron chi connectivity index (χ2n) is 8.54. The van der Waals surface area contributed by atoms with Crippen molar-refractivity contribution in [2.24, 2.45) is 0 Å². The fourth-order valence-corrected chi connectivity index (χ4v) is 4.85. The summed E-state index contributed by atoms with van der Waals surface area (Å²) in [5.74, 6) is -1.89. The van der Waals surface area contributed by atoms with Crippen molar-refractivity contribution in [3.8, 4) is 23.1 Å². The molecule has 0 spiro atoms. The molecule has 4 rings (SSSR count). The Morgan fingerprint density at radius 2 is 1.75 bits per heavy atom. The summed E-state index contributed by atoms with van der Waals surface area (Å²) in [6, 6.07) is 6.68. The van der Waals surface area contributed by atoms with Crippen molar-refractivity contribution in [2.45, 2.75) is 31.4 Å². The molecule has 4 aromatic rings. The van der Waals surface area contributed by atoms with E-state index in [4.69, 9.17) is 9.47 Å². The average molecular weight is 582 g/mol. The molecular formula is C24H23F4N7O4S. The van der Waals surface area contributed by atoms with E-state index < -0.39 is 44.9 Å². The van der Waals surface area contributed by atoms with E-state index in [0.717, 1.165) is 16.2 Å². The van der Waals surface area contributed by atoms with E-state index in [2.05, 4.69) is 29.9 Å². The van der Waals surface area contributed by atoms with Crippen molar-refractivity contribution in [3.05, 3.63) is 71.6 Å². The fourth-order valence-electron chi connectivity index (χ4n) is 3.72. The van der Waals surface area contributed by atoms with Gasteiger partial charge in [-0.15, -0.1) is 10.2 Å². The molecule has 0 aliphatic rings. The van der Waals surface area contributed by atoms with Crippen LogP contribution >= 0.6 is 0 Å². The standard InChI is InChI=1S/C24H23F4N7O4S/c1-13-11-29-21(30-12-13)20(39-4)14(2)40(36,37)34-23-33-32-22(18-6-5-7-19(31-18)38-3)35(23)15-8-9-17(25)16(10-15)24(26,27)28/h5-12,14,20H,1-4H3,(H,33,34)/t14-,20-/m0/s1. The van der Waals surface area contributed by atoms with Crippen LogP contribution in [0.2, 0.25) is 0 Å². The van der Waals surface area contributed by atoms with Crippen LogP contribution in [0.25, 0.3) is 17.2 Å². The molecule has 2 atom stereocenters. The summed E-state index contributed by atoms with van der Waals surface area (Å²) in [7, 11) is -1.72. The number of rotatable bonds is 9. The number of pyridine rings is 1. The van der Waals surface area contributed by atoms with Gasteiger partial charge in [-0.05, 0) is 43.7 Å². The minimum Gasteiger partial charge on any atom is -0.481 e. The quantitative estimate of drug-likeness (QED) is 0.290. The predicted octanol–water partition coefficient (Wildman–Crippen LogP) is 4.11. The number of alkyl halides is 3. The number of nitrogens with one attached hydrogen (secondary N) is 1. The number of sulfonamides is 1. The van der Waals surface area contributed by atoms with Gasteiger partial charge < -0.3 is 9.47 Å². The van der Waals surface area contributed by atoms with Gasteiger partial charge in [-0.2, -0.15) is 13.2 Å². The summed E-state index contributed by atoms with van der Waals surface area (Å²) in [4.78, 5) is 12.5. The SMILES string of the molecule is COc1cccc(-c2nnc(NS(=O)(=O)[C@@H](C)[C@H](OC)c3ncc(C)cn3)n2-c2ccc(F)c(C(F)(F)F)c2)n1. The van der Waals surface area contributed by atoms with Gasteiger partial charge in [0.1, 0.15) is 22.9 Å². The summed E-state index contributed by atoms with van der Waals surface area (Å²) >= 11 is 0. The summed E-state index contributed by atoms with van der Waals surface area (Å²) in [6.45, 7) is 3.10.